The molecule has 4 rings (SSSR count). The van der Waals surface area contributed by atoms with Crippen LogP contribution in [0.5, 0.6) is 0 Å². The number of halogens is 2. The van der Waals surface area contributed by atoms with Gasteiger partial charge < -0.3 is 10.2 Å². The lowest BCUT2D eigenvalue weighted by atomic mass is 10.1. The molecule has 1 fully saturated rings. The third-order valence-corrected chi connectivity index (χ3v) is 4.60. The highest BCUT2D eigenvalue weighted by Crippen LogP contribution is 2.23. The summed E-state index contributed by atoms with van der Waals surface area (Å²) in [5.74, 6) is -0.763. The molecule has 0 aliphatic carbocycles. The van der Waals surface area contributed by atoms with E-state index in [1.54, 1.807) is 6.07 Å². The maximum absolute atomic E-state index is 13.9. The van der Waals surface area contributed by atoms with Crippen LogP contribution < -0.4 is 10.2 Å². The highest BCUT2D eigenvalue weighted by molar-refractivity contribution is 6.03. The van der Waals surface area contributed by atoms with Crippen molar-refractivity contribution in [3.8, 4) is 11.3 Å². The first-order valence-corrected chi connectivity index (χ1v) is 8.99. The van der Waals surface area contributed by atoms with Crippen molar-refractivity contribution >= 4 is 17.5 Å². The molecule has 0 unspecified atom stereocenters. The lowest BCUT2D eigenvalue weighted by Gasteiger charge is -2.27. The van der Waals surface area contributed by atoms with E-state index in [0.29, 0.717) is 5.82 Å². The van der Waals surface area contributed by atoms with Crippen LogP contribution >= 0.6 is 0 Å². The standard InChI is InChI=1S/C19H18F2N6O/c20-12-4-5-13(14(21)8-12)15-9-16(26-25-15)19(28)24-17-10-18(23-11-22-17)27-6-2-1-3-7-27/h4-5,8-11H,1-3,6-7H2,(H,25,26)(H,22,23,24,28). The predicted octanol–water partition coefficient (Wildman–Crippen LogP) is 3.39. The summed E-state index contributed by atoms with van der Waals surface area (Å²) < 4.78 is 27.0. The summed E-state index contributed by atoms with van der Waals surface area (Å²) in [4.78, 5) is 23.0. The van der Waals surface area contributed by atoms with Crippen LogP contribution in [0.1, 0.15) is 29.8 Å². The molecule has 1 aliphatic heterocycles. The third-order valence-electron chi connectivity index (χ3n) is 4.60. The summed E-state index contributed by atoms with van der Waals surface area (Å²) in [7, 11) is 0. The Bertz CT molecular complexity index is 1000. The lowest BCUT2D eigenvalue weighted by Crippen LogP contribution is -2.30. The molecule has 28 heavy (non-hydrogen) atoms. The Hall–Kier alpha value is -3.36. The van der Waals surface area contributed by atoms with Crippen LogP contribution in [-0.4, -0.2) is 39.2 Å². The molecule has 2 aromatic heterocycles. The van der Waals surface area contributed by atoms with Gasteiger partial charge in [0.15, 0.2) is 0 Å². The number of rotatable bonds is 4. The van der Waals surface area contributed by atoms with Gasteiger partial charge in [-0.15, -0.1) is 0 Å². The van der Waals surface area contributed by atoms with E-state index in [1.165, 1.54) is 24.9 Å². The second kappa shape index (κ2) is 7.71. The van der Waals surface area contributed by atoms with Gasteiger partial charge in [0.2, 0.25) is 0 Å². The highest BCUT2D eigenvalue weighted by Gasteiger charge is 2.16. The Labute approximate surface area is 159 Å². The van der Waals surface area contributed by atoms with Crippen molar-refractivity contribution in [3.05, 3.63) is 54.0 Å². The summed E-state index contributed by atoms with van der Waals surface area (Å²) in [6, 6.07) is 6.30. The number of aromatic nitrogens is 4. The van der Waals surface area contributed by atoms with E-state index in [9.17, 15) is 13.6 Å². The molecule has 0 saturated carbocycles. The minimum absolute atomic E-state index is 0.103. The largest absolute Gasteiger partial charge is 0.356 e. The SMILES string of the molecule is O=C(Nc1cc(N2CCCCC2)ncn1)c1cc(-c2ccc(F)cc2F)n[nH]1. The molecule has 3 aromatic rings. The van der Waals surface area contributed by atoms with Crippen LogP contribution in [0.4, 0.5) is 20.4 Å². The number of carbonyl (C=O) groups is 1. The molecular formula is C19H18F2N6O. The molecule has 3 heterocycles. The number of anilines is 2. The maximum Gasteiger partial charge on any atom is 0.274 e. The molecule has 1 aromatic carbocycles. The van der Waals surface area contributed by atoms with Gasteiger partial charge in [0.25, 0.3) is 5.91 Å². The van der Waals surface area contributed by atoms with Crippen molar-refractivity contribution in [2.24, 2.45) is 0 Å². The zero-order valence-electron chi connectivity index (χ0n) is 15.0. The Kier molecular flexibility index (Phi) is 4.96. The quantitative estimate of drug-likeness (QED) is 0.720. The number of H-pyrrole nitrogens is 1. The Morgan fingerprint density at radius 3 is 2.68 bits per heavy atom. The van der Waals surface area contributed by atoms with Crippen molar-refractivity contribution in [2.45, 2.75) is 19.3 Å². The number of nitrogens with zero attached hydrogens (tertiary/aromatic N) is 4. The van der Waals surface area contributed by atoms with E-state index >= 15 is 0 Å². The number of carbonyl (C=O) groups excluding carboxylic acids is 1. The van der Waals surface area contributed by atoms with Gasteiger partial charge in [-0.3, -0.25) is 9.89 Å². The monoisotopic (exact) mass is 384 g/mol. The minimum Gasteiger partial charge on any atom is -0.356 e. The predicted molar refractivity (Wildman–Crippen MR) is 100.0 cm³/mol. The van der Waals surface area contributed by atoms with E-state index in [4.69, 9.17) is 0 Å². The summed E-state index contributed by atoms with van der Waals surface area (Å²) >= 11 is 0. The number of hydrogen-bond donors (Lipinski definition) is 2. The van der Waals surface area contributed by atoms with Gasteiger partial charge in [-0.25, -0.2) is 18.7 Å². The summed E-state index contributed by atoms with van der Waals surface area (Å²) in [5.41, 5.74) is 0.447. The Morgan fingerprint density at radius 1 is 1.07 bits per heavy atom. The van der Waals surface area contributed by atoms with Crippen LogP contribution in [0, 0.1) is 11.6 Å². The van der Waals surface area contributed by atoms with Gasteiger partial charge >= 0.3 is 0 Å². The fourth-order valence-corrected chi connectivity index (χ4v) is 3.17. The van der Waals surface area contributed by atoms with E-state index in [0.717, 1.165) is 43.9 Å². The van der Waals surface area contributed by atoms with Crippen LogP contribution in [-0.2, 0) is 0 Å². The van der Waals surface area contributed by atoms with Gasteiger partial charge in [-0.1, -0.05) is 0 Å². The number of benzene rings is 1. The summed E-state index contributed by atoms with van der Waals surface area (Å²) in [5, 5.41) is 9.19. The average Bonchev–Trinajstić information content (AvgIpc) is 3.19. The van der Waals surface area contributed by atoms with Gasteiger partial charge in [0.05, 0.1) is 5.69 Å². The van der Waals surface area contributed by atoms with Crippen molar-refractivity contribution in [3.63, 3.8) is 0 Å². The van der Waals surface area contributed by atoms with Crippen molar-refractivity contribution in [1.29, 1.82) is 0 Å². The van der Waals surface area contributed by atoms with E-state index in [-0.39, 0.29) is 17.0 Å². The molecule has 1 saturated heterocycles. The van der Waals surface area contributed by atoms with Gasteiger partial charge in [-0.2, -0.15) is 5.10 Å². The zero-order chi connectivity index (χ0) is 19.5. The van der Waals surface area contributed by atoms with Crippen molar-refractivity contribution < 1.29 is 13.6 Å². The third kappa shape index (κ3) is 3.83. The van der Waals surface area contributed by atoms with Gasteiger partial charge in [0.1, 0.15) is 35.3 Å². The number of hydrogen-bond acceptors (Lipinski definition) is 5. The Balaban J connectivity index is 1.49. The second-order valence-electron chi connectivity index (χ2n) is 6.55. The maximum atomic E-state index is 13.9. The highest BCUT2D eigenvalue weighted by atomic mass is 19.1. The molecule has 9 heteroatoms. The Morgan fingerprint density at radius 2 is 1.89 bits per heavy atom. The smallest absolute Gasteiger partial charge is 0.274 e. The first-order valence-electron chi connectivity index (χ1n) is 8.99. The number of aromatic amines is 1. The molecule has 0 radical (unpaired) electrons. The molecule has 0 bridgehead atoms. The first kappa shape index (κ1) is 18.0. The van der Waals surface area contributed by atoms with Gasteiger partial charge in [-0.05, 0) is 37.5 Å². The molecule has 0 spiro atoms. The molecule has 1 amide bonds. The summed E-state index contributed by atoms with van der Waals surface area (Å²) in [6.07, 6.45) is 4.85. The number of piperidine rings is 1. The summed E-state index contributed by atoms with van der Waals surface area (Å²) in [6.45, 7) is 1.86. The van der Waals surface area contributed by atoms with Crippen LogP contribution in [0.3, 0.4) is 0 Å². The minimum atomic E-state index is -0.750. The fourth-order valence-electron chi connectivity index (χ4n) is 3.17. The number of nitrogens with one attached hydrogen (secondary N) is 2. The zero-order valence-corrected chi connectivity index (χ0v) is 15.0. The first-order chi connectivity index (χ1) is 13.6. The van der Waals surface area contributed by atoms with Crippen molar-refractivity contribution in [2.75, 3.05) is 23.3 Å². The molecule has 7 nitrogen and oxygen atoms in total. The fraction of sp³-hybridized carbons (Fsp3) is 0.263. The molecule has 2 N–H and O–H groups in total. The van der Waals surface area contributed by atoms with Crippen molar-refractivity contribution in [1.82, 2.24) is 20.2 Å². The molecular weight excluding hydrogens is 366 g/mol. The van der Waals surface area contributed by atoms with E-state index < -0.39 is 17.5 Å². The van der Waals surface area contributed by atoms with Crippen LogP contribution in [0.15, 0.2) is 36.7 Å². The average molecular weight is 384 g/mol. The number of amides is 1. The molecule has 144 valence electrons. The second-order valence-corrected chi connectivity index (χ2v) is 6.55. The van der Waals surface area contributed by atoms with Crippen LogP contribution in [0.25, 0.3) is 11.3 Å². The topological polar surface area (TPSA) is 86.8 Å². The van der Waals surface area contributed by atoms with E-state index in [2.05, 4.69) is 30.4 Å². The normalized spacial score (nSPS) is 14.1. The lowest BCUT2D eigenvalue weighted by molar-refractivity contribution is 0.102. The van der Waals surface area contributed by atoms with Crippen LogP contribution in [0.2, 0.25) is 0 Å². The van der Waals surface area contributed by atoms with Gasteiger partial charge in [0, 0.05) is 30.8 Å². The van der Waals surface area contributed by atoms with E-state index in [1.807, 2.05) is 0 Å². The molecule has 1 aliphatic rings. The molecule has 0 atom stereocenters.